The van der Waals surface area contributed by atoms with Crippen LogP contribution in [-0.2, 0) is 11.3 Å². The minimum atomic E-state index is 0.293. The summed E-state index contributed by atoms with van der Waals surface area (Å²) in [5, 5.41) is 6.76. The predicted molar refractivity (Wildman–Crippen MR) is 95.5 cm³/mol. The van der Waals surface area contributed by atoms with Gasteiger partial charge in [0.05, 0.1) is 0 Å². The summed E-state index contributed by atoms with van der Waals surface area (Å²) in [4.78, 5) is 15.1. The minimum Gasteiger partial charge on any atom is -0.353 e. The normalized spacial score (nSPS) is 27.1. The maximum Gasteiger partial charge on any atom is 0.223 e. The molecule has 2 N–H and O–H groups in total. The van der Waals surface area contributed by atoms with Gasteiger partial charge in [0.25, 0.3) is 0 Å². The first kappa shape index (κ1) is 16.1. The van der Waals surface area contributed by atoms with E-state index in [2.05, 4.69) is 45.9 Å². The maximum absolute atomic E-state index is 12.6. The van der Waals surface area contributed by atoms with Gasteiger partial charge in [0.15, 0.2) is 0 Å². The van der Waals surface area contributed by atoms with Crippen LogP contribution in [0.3, 0.4) is 0 Å². The Labute approximate surface area is 145 Å². The van der Waals surface area contributed by atoms with E-state index in [1.54, 1.807) is 0 Å². The lowest BCUT2D eigenvalue weighted by atomic mass is 9.91. The van der Waals surface area contributed by atoms with Gasteiger partial charge in [-0.15, -0.1) is 0 Å². The molecule has 0 aromatic heterocycles. The lowest BCUT2D eigenvalue weighted by Gasteiger charge is -2.32. The van der Waals surface area contributed by atoms with Gasteiger partial charge in [-0.1, -0.05) is 30.3 Å². The molecule has 3 fully saturated rings. The second-order valence-electron chi connectivity index (χ2n) is 7.91. The van der Waals surface area contributed by atoms with Crippen LogP contribution in [0.2, 0.25) is 0 Å². The third-order valence-electron chi connectivity index (χ3n) is 6.29. The topological polar surface area (TPSA) is 44.4 Å². The van der Waals surface area contributed by atoms with Crippen LogP contribution in [0.5, 0.6) is 0 Å². The number of benzene rings is 1. The summed E-state index contributed by atoms with van der Waals surface area (Å²) in [7, 11) is 0. The number of hydrogen-bond donors (Lipinski definition) is 2. The molecule has 0 radical (unpaired) electrons. The van der Waals surface area contributed by atoms with E-state index in [0.717, 1.165) is 52.0 Å². The van der Waals surface area contributed by atoms with E-state index < -0.39 is 0 Å². The van der Waals surface area contributed by atoms with Crippen molar-refractivity contribution in [2.75, 3.05) is 26.2 Å². The average Bonchev–Trinajstić information content (AvgIpc) is 3.31. The number of hydrogen-bond acceptors (Lipinski definition) is 3. The van der Waals surface area contributed by atoms with Gasteiger partial charge in [-0.2, -0.15) is 0 Å². The fourth-order valence-corrected chi connectivity index (χ4v) is 4.57. The van der Waals surface area contributed by atoms with Crippen LogP contribution in [0.1, 0.15) is 37.7 Å². The van der Waals surface area contributed by atoms with Crippen molar-refractivity contribution >= 4 is 5.91 Å². The average molecular weight is 327 g/mol. The molecule has 1 aromatic rings. The molecule has 24 heavy (non-hydrogen) atoms. The molecule has 0 bridgehead atoms. The molecule has 1 aromatic carbocycles. The molecule has 1 amide bonds. The van der Waals surface area contributed by atoms with Crippen molar-refractivity contribution in [2.45, 2.75) is 44.7 Å². The van der Waals surface area contributed by atoms with E-state index in [-0.39, 0.29) is 0 Å². The van der Waals surface area contributed by atoms with Crippen molar-refractivity contribution in [1.82, 2.24) is 15.5 Å². The summed E-state index contributed by atoms with van der Waals surface area (Å²) in [6.07, 6.45) is 5.65. The van der Waals surface area contributed by atoms with E-state index in [1.807, 2.05) is 0 Å². The lowest BCUT2D eigenvalue weighted by molar-refractivity contribution is -0.124. The van der Waals surface area contributed by atoms with Gasteiger partial charge in [-0.05, 0) is 56.2 Å². The predicted octanol–water partition coefficient (Wildman–Crippen LogP) is 2.16. The Morgan fingerprint density at radius 3 is 2.58 bits per heavy atom. The fraction of sp³-hybridized carbons (Fsp3) is 0.650. The van der Waals surface area contributed by atoms with Gasteiger partial charge in [0.2, 0.25) is 5.91 Å². The molecule has 130 valence electrons. The SMILES string of the molecule is O=C(NC1CCN(Cc2ccccc2)CC1)C1CC12CCNCC2. The monoisotopic (exact) mass is 327 g/mol. The first-order valence-corrected chi connectivity index (χ1v) is 9.53. The molecule has 1 atom stereocenters. The minimum absolute atomic E-state index is 0.293. The fourth-order valence-electron chi connectivity index (χ4n) is 4.57. The van der Waals surface area contributed by atoms with Crippen molar-refractivity contribution in [3.8, 4) is 0 Å². The maximum atomic E-state index is 12.6. The number of nitrogens with one attached hydrogen (secondary N) is 2. The first-order chi connectivity index (χ1) is 11.8. The Kier molecular flexibility index (Phi) is 4.59. The highest BCUT2D eigenvalue weighted by Crippen LogP contribution is 2.58. The van der Waals surface area contributed by atoms with Gasteiger partial charge in [0.1, 0.15) is 0 Å². The highest BCUT2D eigenvalue weighted by Gasteiger charge is 2.57. The van der Waals surface area contributed by atoms with Crippen LogP contribution >= 0.6 is 0 Å². The molecule has 4 rings (SSSR count). The van der Waals surface area contributed by atoms with Gasteiger partial charge in [0, 0.05) is 31.6 Å². The summed E-state index contributed by atoms with van der Waals surface area (Å²) in [6.45, 7) is 5.36. The van der Waals surface area contributed by atoms with Crippen LogP contribution in [0.15, 0.2) is 30.3 Å². The Morgan fingerprint density at radius 1 is 1.17 bits per heavy atom. The van der Waals surface area contributed by atoms with Crippen LogP contribution in [-0.4, -0.2) is 43.0 Å². The lowest BCUT2D eigenvalue weighted by Crippen LogP contribution is -2.45. The number of carbonyl (C=O) groups is 1. The summed E-state index contributed by atoms with van der Waals surface area (Å²) in [5.74, 6) is 0.625. The zero-order valence-electron chi connectivity index (χ0n) is 14.5. The molecule has 1 saturated carbocycles. The quantitative estimate of drug-likeness (QED) is 0.891. The van der Waals surface area contributed by atoms with Gasteiger partial charge >= 0.3 is 0 Å². The van der Waals surface area contributed by atoms with Crippen molar-refractivity contribution in [3.63, 3.8) is 0 Å². The zero-order valence-corrected chi connectivity index (χ0v) is 14.5. The molecule has 2 saturated heterocycles. The van der Waals surface area contributed by atoms with Crippen LogP contribution in [0, 0.1) is 11.3 Å². The van der Waals surface area contributed by atoms with Crippen LogP contribution in [0.25, 0.3) is 0 Å². The summed E-state index contributed by atoms with van der Waals surface area (Å²) in [6, 6.07) is 11.0. The Balaban J connectivity index is 1.21. The van der Waals surface area contributed by atoms with Crippen molar-refractivity contribution < 1.29 is 4.79 Å². The van der Waals surface area contributed by atoms with E-state index in [1.165, 1.54) is 18.4 Å². The van der Waals surface area contributed by atoms with Crippen molar-refractivity contribution in [2.24, 2.45) is 11.3 Å². The number of carbonyl (C=O) groups excluding carboxylic acids is 1. The van der Waals surface area contributed by atoms with Crippen LogP contribution in [0.4, 0.5) is 0 Å². The number of likely N-dealkylation sites (tertiary alicyclic amines) is 1. The van der Waals surface area contributed by atoms with E-state index >= 15 is 0 Å². The van der Waals surface area contributed by atoms with Crippen molar-refractivity contribution in [3.05, 3.63) is 35.9 Å². The number of piperidine rings is 2. The number of rotatable bonds is 4. The molecule has 1 unspecified atom stereocenters. The molecule has 3 aliphatic rings. The van der Waals surface area contributed by atoms with E-state index in [9.17, 15) is 4.79 Å². The second kappa shape index (κ2) is 6.85. The third kappa shape index (κ3) is 3.50. The smallest absolute Gasteiger partial charge is 0.223 e. The number of nitrogens with zero attached hydrogens (tertiary/aromatic N) is 1. The first-order valence-electron chi connectivity index (χ1n) is 9.53. The van der Waals surface area contributed by atoms with Gasteiger partial charge in [-0.25, -0.2) is 0 Å². The summed E-state index contributed by atoms with van der Waals surface area (Å²) in [5.41, 5.74) is 1.73. The zero-order chi connectivity index (χ0) is 16.4. The van der Waals surface area contributed by atoms with Gasteiger partial charge in [-0.3, -0.25) is 9.69 Å². The summed E-state index contributed by atoms with van der Waals surface area (Å²) < 4.78 is 0. The third-order valence-corrected chi connectivity index (χ3v) is 6.29. The van der Waals surface area contributed by atoms with Crippen molar-refractivity contribution in [1.29, 1.82) is 0 Å². The largest absolute Gasteiger partial charge is 0.353 e. The second-order valence-corrected chi connectivity index (χ2v) is 7.91. The van der Waals surface area contributed by atoms with E-state index in [4.69, 9.17) is 0 Å². The Hall–Kier alpha value is -1.39. The Morgan fingerprint density at radius 2 is 1.88 bits per heavy atom. The van der Waals surface area contributed by atoms with Crippen LogP contribution < -0.4 is 10.6 Å². The molecule has 2 heterocycles. The standard InChI is InChI=1S/C20H29N3O/c24-19(18-14-20(18)8-10-21-11-9-20)22-17-6-12-23(13-7-17)15-16-4-2-1-3-5-16/h1-5,17-18,21H,6-15H2,(H,22,24). The molecular formula is C20H29N3O. The Bertz CT molecular complexity index is 560. The van der Waals surface area contributed by atoms with E-state index in [0.29, 0.717) is 23.3 Å². The molecule has 1 spiro atoms. The molecule has 1 aliphatic carbocycles. The van der Waals surface area contributed by atoms with Gasteiger partial charge < -0.3 is 10.6 Å². The molecular weight excluding hydrogens is 298 g/mol. The molecule has 4 nitrogen and oxygen atoms in total. The molecule has 4 heteroatoms. The number of amides is 1. The molecule has 2 aliphatic heterocycles. The summed E-state index contributed by atoms with van der Waals surface area (Å²) >= 11 is 0. The highest BCUT2D eigenvalue weighted by atomic mass is 16.2. The highest BCUT2D eigenvalue weighted by molar-refractivity contribution is 5.82.